The summed E-state index contributed by atoms with van der Waals surface area (Å²) in [5.74, 6) is -1.38. The van der Waals surface area contributed by atoms with Crippen LogP contribution in [0.4, 0.5) is 8.78 Å². The van der Waals surface area contributed by atoms with Crippen LogP contribution in [-0.2, 0) is 0 Å². The molecule has 0 aliphatic rings. The van der Waals surface area contributed by atoms with Crippen molar-refractivity contribution in [1.29, 1.82) is 0 Å². The van der Waals surface area contributed by atoms with E-state index in [0.717, 1.165) is 23.9 Å². The first-order chi connectivity index (χ1) is 9.06. The first-order valence-electron chi connectivity index (χ1n) is 5.43. The molecule has 0 saturated carbocycles. The minimum atomic E-state index is -0.663. The van der Waals surface area contributed by atoms with Crippen LogP contribution in [0.5, 0.6) is 0 Å². The van der Waals surface area contributed by atoms with Crippen molar-refractivity contribution in [3.63, 3.8) is 0 Å². The van der Waals surface area contributed by atoms with Gasteiger partial charge in [0.25, 0.3) is 0 Å². The topological polar surface area (TPSA) is 17.1 Å². The SMILES string of the molecule is O=C(CSc1ccc(F)cc1F)c1cccc(Cl)c1. The van der Waals surface area contributed by atoms with Crippen molar-refractivity contribution in [2.45, 2.75) is 4.90 Å². The van der Waals surface area contributed by atoms with Gasteiger partial charge in [0.1, 0.15) is 11.6 Å². The minimum Gasteiger partial charge on any atom is -0.293 e. The number of halogens is 3. The molecule has 2 aromatic carbocycles. The number of hydrogen-bond acceptors (Lipinski definition) is 2. The Morgan fingerprint density at radius 1 is 1.16 bits per heavy atom. The average molecular weight is 299 g/mol. The van der Waals surface area contributed by atoms with Crippen LogP contribution in [-0.4, -0.2) is 11.5 Å². The van der Waals surface area contributed by atoms with Gasteiger partial charge in [0, 0.05) is 21.5 Å². The third-order valence-corrected chi connectivity index (χ3v) is 3.68. The summed E-state index contributed by atoms with van der Waals surface area (Å²) in [6, 6.07) is 9.84. The molecule has 5 heteroatoms. The third kappa shape index (κ3) is 3.78. The summed E-state index contributed by atoms with van der Waals surface area (Å²) in [6.45, 7) is 0. The Bertz CT molecular complexity index is 616. The van der Waals surface area contributed by atoms with Gasteiger partial charge in [0.05, 0.1) is 5.75 Å². The zero-order chi connectivity index (χ0) is 13.8. The van der Waals surface area contributed by atoms with Crippen molar-refractivity contribution in [2.75, 3.05) is 5.75 Å². The second-order valence-electron chi connectivity index (χ2n) is 3.80. The molecule has 0 atom stereocenters. The van der Waals surface area contributed by atoms with Crippen LogP contribution >= 0.6 is 23.4 Å². The summed E-state index contributed by atoms with van der Waals surface area (Å²) in [5, 5.41) is 0.476. The highest BCUT2D eigenvalue weighted by Crippen LogP contribution is 2.23. The summed E-state index contributed by atoms with van der Waals surface area (Å²) in [6.07, 6.45) is 0. The highest BCUT2D eigenvalue weighted by Gasteiger charge is 2.10. The van der Waals surface area contributed by atoms with Gasteiger partial charge in [-0.15, -0.1) is 11.8 Å². The van der Waals surface area contributed by atoms with E-state index in [2.05, 4.69) is 0 Å². The van der Waals surface area contributed by atoms with Gasteiger partial charge in [-0.1, -0.05) is 23.7 Å². The van der Waals surface area contributed by atoms with Crippen molar-refractivity contribution in [2.24, 2.45) is 0 Å². The Morgan fingerprint density at radius 3 is 2.63 bits per heavy atom. The van der Waals surface area contributed by atoms with Crippen molar-refractivity contribution in [3.05, 3.63) is 64.7 Å². The van der Waals surface area contributed by atoms with E-state index in [0.29, 0.717) is 10.6 Å². The molecule has 2 rings (SSSR count). The molecule has 0 aromatic heterocycles. The predicted molar refractivity (Wildman–Crippen MR) is 72.9 cm³/mol. The Kier molecular flexibility index (Phi) is 4.56. The lowest BCUT2D eigenvalue weighted by Crippen LogP contribution is -2.02. The highest BCUT2D eigenvalue weighted by molar-refractivity contribution is 8.00. The van der Waals surface area contributed by atoms with E-state index in [9.17, 15) is 13.6 Å². The van der Waals surface area contributed by atoms with Crippen molar-refractivity contribution in [1.82, 2.24) is 0 Å². The molecular formula is C14H9ClF2OS. The van der Waals surface area contributed by atoms with Gasteiger partial charge in [-0.2, -0.15) is 0 Å². The lowest BCUT2D eigenvalue weighted by atomic mass is 10.1. The maximum atomic E-state index is 13.4. The summed E-state index contributed by atoms with van der Waals surface area (Å²) in [5.41, 5.74) is 0.475. The molecule has 0 heterocycles. The maximum Gasteiger partial charge on any atom is 0.173 e. The van der Waals surface area contributed by atoms with Crippen molar-refractivity contribution >= 4 is 29.1 Å². The van der Waals surface area contributed by atoms with Gasteiger partial charge in [0.2, 0.25) is 0 Å². The molecule has 0 amide bonds. The zero-order valence-electron chi connectivity index (χ0n) is 9.70. The number of carbonyl (C=O) groups excluding carboxylic acids is 1. The second kappa shape index (κ2) is 6.17. The lowest BCUT2D eigenvalue weighted by molar-refractivity contribution is 0.102. The average Bonchev–Trinajstić information content (AvgIpc) is 2.37. The number of Topliss-reactive ketones (excluding diaryl/α,β-unsaturated/α-hetero) is 1. The Balaban J connectivity index is 2.04. The van der Waals surface area contributed by atoms with Gasteiger partial charge < -0.3 is 0 Å². The highest BCUT2D eigenvalue weighted by atomic mass is 35.5. The first-order valence-corrected chi connectivity index (χ1v) is 6.79. The van der Waals surface area contributed by atoms with Gasteiger partial charge in [-0.05, 0) is 24.3 Å². The molecular weight excluding hydrogens is 290 g/mol. The summed E-state index contributed by atoms with van der Waals surface area (Å²) >= 11 is 6.82. The summed E-state index contributed by atoms with van der Waals surface area (Å²) in [7, 11) is 0. The van der Waals surface area contributed by atoms with E-state index in [4.69, 9.17) is 11.6 Å². The van der Waals surface area contributed by atoms with Gasteiger partial charge in [0.15, 0.2) is 5.78 Å². The number of hydrogen-bond donors (Lipinski definition) is 0. The molecule has 0 N–H and O–H groups in total. The van der Waals surface area contributed by atoms with Crippen molar-refractivity contribution < 1.29 is 13.6 Å². The molecule has 0 aliphatic heterocycles. The number of carbonyl (C=O) groups is 1. The van der Waals surface area contributed by atoms with Crippen LogP contribution in [0.1, 0.15) is 10.4 Å². The van der Waals surface area contributed by atoms with Crippen LogP contribution in [0.3, 0.4) is 0 Å². The molecule has 0 fully saturated rings. The summed E-state index contributed by atoms with van der Waals surface area (Å²) < 4.78 is 26.1. The first kappa shape index (κ1) is 14.0. The van der Waals surface area contributed by atoms with E-state index in [-0.39, 0.29) is 16.4 Å². The van der Waals surface area contributed by atoms with E-state index >= 15 is 0 Å². The van der Waals surface area contributed by atoms with E-state index < -0.39 is 11.6 Å². The quantitative estimate of drug-likeness (QED) is 0.606. The fraction of sp³-hybridized carbons (Fsp3) is 0.0714. The maximum absolute atomic E-state index is 13.4. The van der Waals surface area contributed by atoms with Gasteiger partial charge in [-0.3, -0.25) is 4.79 Å². The van der Waals surface area contributed by atoms with E-state index in [1.54, 1.807) is 24.3 Å². The molecule has 0 bridgehead atoms. The largest absolute Gasteiger partial charge is 0.293 e. The van der Waals surface area contributed by atoms with Gasteiger partial charge >= 0.3 is 0 Å². The van der Waals surface area contributed by atoms with Crippen LogP contribution in [0, 0.1) is 11.6 Å². The van der Waals surface area contributed by atoms with E-state index in [1.807, 2.05) is 0 Å². The molecule has 19 heavy (non-hydrogen) atoms. The van der Waals surface area contributed by atoms with Crippen LogP contribution in [0.25, 0.3) is 0 Å². The number of thioether (sulfide) groups is 1. The molecule has 0 spiro atoms. The second-order valence-corrected chi connectivity index (χ2v) is 5.25. The summed E-state index contributed by atoms with van der Waals surface area (Å²) in [4.78, 5) is 12.1. The monoisotopic (exact) mass is 298 g/mol. The Morgan fingerprint density at radius 2 is 1.95 bits per heavy atom. The molecule has 98 valence electrons. The molecule has 0 radical (unpaired) electrons. The number of benzene rings is 2. The minimum absolute atomic E-state index is 0.0723. The fourth-order valence-corrected chi connectivity index (χ4v) is 2.49. The van der Waals surface area contributed by atoms with E-state index in [1.165, 1.54) is 6.07 Å². The Labute approximate surface area is 118 Å². The van der Waals surface area contributed by atoms with Crippen LogP contribution in [0.15, 0.2) is 47.4 Å². The Hall–Kier alpha value is -1.39. The lowest BCUT2D eigenvalue weighted by Gasteiger charge is -2.03. The van der Waals surface area contributed by atoms with Crippen LogP contribution < -0.4 is 0 Å². The smallest absolute Gasteiger partial charge is 0.173 e. The number of rotatable bonds is 4. The number of ketones is 1. The van der Waals surface area contributed by atoms with Crippen molar-refractivity contribution in [3.8, 4) is 0 Å². The standard InChI is InChI=1S/C14H9ClF2OS/c15-10-3-1-2-9(6-10)13(18)8-19-14-5-4-11(16)7-12(14)17/h1-7H,8H2. The zero-order valence-corrected chi connectivity index (χ0v) is 11.3. The molecule has 0 unspecified atom stereocenters. The molecule has 0 saturated heterocycles. The molecule has 0 aliphatic carbocycles. The molecule has 2 aromatic rings. The third-order valence-electron chi connectivity index (χ3n) is 2.40. The molecule has 1 nitrogen and oxygen atoms in total. The van der Waals surface area contributed by atoms with Gasteiger partial charge in [-0.25, -0.2) is 8.78 Å². The normalized spacial score (nSPS) is 10.5. The van der Waals surface area contributed by atoms with Crippen LogP contribution in [0.2, 0.25) is 5.02 Å². The predicted octanol–water partition coefficient (Wildman–Crippen LogP) is 4.59. The fourth-order valence-electron chi connectivity index (χ4n) is 1.48.